The van der Waals surface area contributed by atoms with E-state index in [0.717, 1.165) is 11.1 Å². The molecule has 0 atom stereocenters. The number of aromatic nitrogens is 2. The summed E-state index contributed by atoms with van der Waals surface area (Å²) in [5.41, 5.74) is 2.82. The smallest absolute Gasteiger partial charge is 0.264 e. The van der Waals surface area contributed by atoms with Gasteiger partial charge in [0.15, 0.2) is 0 Å². The van der Waals surface area contributed by atoms with Crippen molar-refractivity contribution in [2.75, 3.05) is 5.32 Å². The van der Waals surface area contributed by atoms with Gasteiger partial charge in [0.2, 0.25) is 0 Å². The monoisotopic (exact) mass is 271 g/mol. The van der Waals surface area contributed by atoms with Gasteiger partial charge in [0.1, 0.15) is 11.4 Å². The standard InChI is InChI=1S/C15H17N3O2/c1-8-6-5-7-12(9(8)2)18-15(20)13-10(3)16-11(4)17-14(13)19/h5-7H,1-4H3,(H,18,20)(H,16,17,19). The predicted octanol–water partition coefficient (Wildman–Crippen LogP) is 2.26. The van der Waals surface area contributed by atoms with Crippen LogP contribution in [0.25, 0.3) is 0 Å². The first-order valence-electron chi connectivity index (χ1n) is 6.35. The lowest BCUT2D eigenvalue weighted by atomic mass is 10.1. The summed E-state index contributed by atoms with van der Waals surface area (Å²) in [6.07, 6.45) is 0. The van der Waals surface area contributed by atoms with Gasteiger partial charge < -0.3 is 10.3 Å². The van der Waals surface area contributed by atoms with Crippen LogP contribution in [0.15, 0.2) is 23.0 Å². The Morgan fingerprint density at radius 3 is 2.55 bits per heavy atom. The summed E-state index contributed by atoms with van der Waals surface area (Å²) >= 11 is 0. The number of rotatable bonds is 2. The van der Waals surface area contributed by atoms with Gasteiger partial charge >= 0.3 is 0 Å². The summed E-state index contributed by atoms with van der Waals surface area (Å²) in [6, 6.07) is 5.64. The van der Waals surface area contributed by atoms with Gasteiger partial charge in [0.25, 0.3) is 11.5 Å². The predicted molar refractivity (Wildman–Crippen MR) is 78.2 cm³/mol. The van der Waals surface area contributed by atoms with Gasteiger partial charge in [-0.15, -0.1) is 0 Å². The Morgan fingerprint density at radius 2 is 1.90 bits per heavy atom. The topological polar surface area (TPSA) is 74.8 Å². The summed E-state index contributed by atoms with van der Waals surface area (Å²) < 4.78 is 0. The zero-order valence-electron chi connectivity index (χ0n) is 12.0. The molecule has 1 amide bonds. The Kier molecular flexibility index (Phi) is 3.70. The molecule has 0 aliphatic heterocycles. The number of anilines is 1. The third kappa shape index (κ3) is 2.61. The highest BCUT2D eigenvalue weighted by Crippen LogP contribution is 2.18. The molecule has 20 heavy (non-hydrogen) atoms. The second kappa shape index (κ2) is 5.28. The van der Waals surface area contributed by atoms with Crippen LogP contribution in [0.2, 0.25) is 0 Å². The van der Waals surface area contributed by atoms with Crippen LogP contribution in [0.4, 0.5) is 5.69 Å². The van der Waals surface area contributed by atoms with Crippen molar-refractivity contribution >= 4 is 11.6 Å². The first-order valence-corrected chi connectivity index (χ1v) is 6.35. The molecule has 1 aromatic carbocycles. The minimum atomic E-state index is -0.440. The van der Waals surface area contributed by atoms with Crippen molar-refractivity contribution in [3.05, 3.63) is 56.8 Å². The first-order chi connectivity index (χ1) is 9.40. The first kappa shape index (κ1) is 14.0. The molecule has 0 unspecified atom stereocenters. The Labute approximate surface area is 117 Å². The van der Waals surface area contributed by atoms with Gasteiger partial charge in [-0.2, -0.15) is 0 Å². The fraction of sp³-hybridized carbons (Fsp3) is 0.267. The minimum Gasteiger partial charge on any atom is -0.322 e. The van der Waals surface area contributed by atoms with Crippen LogP contribution in [-0.4, -0.2) is 15.9 Å². The van der Waals surface area contributed by atoms with E-state index in [1.165, 1.54) is 0 Å². The van der Waals surface area contributed by atoms with E-state index in [0.29, 0.717) is 17.2 Å². The highest BCUT2D eigenvalue weighted by molar-refractivity contribution is 6.05. The molecule has 2 aromatic rings. The highest BCUT2D eigenvalue weighted by Gasteiger charge is 2.16. The lowest BCUT2D eigenvalue weighted by molar-refractivity contribution is 0.102. The fourth-order valence-electron chi connectivity index (χ4n) is 2.07. The number of amides is 1. The van der Waals surface area contributed by atoms with E-state index >= 15 is 0 Å². The molecule has 1 aromatic heterocycles. The van der Waals surface area contributed by atoms with Gasteiger partial charge in [0.05, 0.1) is 5.69 Å². The van der Waals surface area contributed by atoms with E-state index in [1.54, 1.807) is 13.8 Å². The lowest BCUT2D eigenvalue weighted by Gasteiger charge is -2.11. The largest absolute Gasteiger partial charge is 0.322 e. The number of hydrogen-bond acceptors (Lipinski definition) is 3. The van der Waals surface area contributed by atoms with E-state index in [2.05, 4.69) is 15.3 Å². The van der Waals surface area contributed by atoms with Gasteiger partial charge in [-0.05, 0) is 44.9 Å². The molecule has 2 rings (SSSR count). The molecule has 0 saturated carbocycles. The van der Waals surface area contributed by atoms with Crippen molar-refractivity contribution in [2.45, 2.75) is 27.7 Å². The number of aryl methyl sites for hydroxylation is 3. The quantitative estimate of drug-likeness (QED) is 0.879. The number of carbonyl (C=O) groups is 1. The molecule has 0 bridgehead atoms. The molecular formula is C15H17N3O2. The highest BCUT2D eigenvalue weighted by atomic mass is 16.2. The molecule has 0 aliphatic carbocycles. The Balaban J connectivity index is 2.39. The van der Waals surface area contributed by atoms with E-state index in [4.69, 9.17) is 0 Å². The van der Waals surface area contributed by atoms with Crippen molar-refractivity contribution in [1.29, 1.82) is 0 Å². The van der Waals surface area contributed by atoms with Crippen molar-refractivity contribution < 1.29 is 4.79 Å². The zero-order chi connectivity index (χ0) is 14.9. The molecule has 1 heterocycles. The second-order valence-electron chi connectivity index (χ2n) is 4.81. The maximum atomic E-state index is 12.3. The van der Waals surface area contributed by atoms with Gasteiger partial charge in [0, 0.05) is 5.69 Å². The molecule has 2 N–H and O–H groups in total. The molecule has 0 fully saturated rings. The van der Waals surface area contributed by atoms with Gasteiger partial charge in [-0.1, -0.05) is 12.1 Å². The average Bonchev–Trinajstić information content (AvgIpc) is 2.33. The molecule has 5 heteroatoms. The van der Waals surface area contributed by atoms with Crippen LogP contribution < -0.4 is 10.9 Å². The Morgan fingerprint density at radius 1 is 1.20 bits per heavy atom. The maximum absolute atomic E-state index is 12.3. The van der Waals surface area contributed by atoms with E-state index in [-0.39, 0.29) is 5.56 Å². The summed E-state index contributed by atoms with van der Waals surface area (Å²) in [5, 5.41) is 2.77. The van der Waals surface area contributed by atoms with Gasteiger partial charge in [-0.3, -0.25) is 9.59 Å². The number of nitrogens with zero attached hydrogens (tertiary/aromatic N) is 1. The van der Waals surface area contributed by atoms with Gasteiger partial charge in [-0.25, -0.2) is 4.98 Å². The number of aromatic amines is 1. The van der Waals surface area contributed by atoms with Crippen molar-refractivity contribution in [1.82, 2.24) is 9.97 Å². The van der Waals surface area contributed by atoms with E-state index < -0.39 is 11.5 Å². The summed E-state index contributed by atoms with van der Waals surface area (Å²) in [5.74, 6) is 0.0562. The lowest BCUT2D eigenvalue weighted by Crippen LogP contribution is -2.26. The van der Waals surface area contributed by atoms with Crippen molar-refractivity contribution in [3.8, 4) is 0 Å². The molecule has 0 saturated heterocycles. The van der Waals surface area contributed by atoms with Crippen LogP contribution in [0.1, 0.15) is 33.0 Å². The van der Waals surface area contributed by atoms with Crippen LogP contribution in [-0.2, 0) is 0 Å². The molecule has 0 radical (unpaired) electrons. The second-order valence-corrected chi connectivity index (χ2v) is 4.81. The molecule has 0 spiro atoms. The van der Waals surface area contributed by atoms with Crippen molar-refractivity contribution in [2.24, 2.45) is 0 Å². The molecule has 104 valence electrons. The maximum Gasteiger partial charge on any atom is 0.264 e. The number of carbonyl (C=O) groups excluding carboxylic acids is 1. The number of H-pyrrole nitrogens is 1. The van der Waals surface area contributed by atoms with Crippen LogP contribution in [0.3, 0.4) is 0 Å². The Bertz CT molecular complexity index is 732. The molecule has 5 nitrogen and oxygen atoms in total. The van der Waals surface area contributed by atoms with Crippen LogP contribution in [0.5, 0.6) is 0 Å². The summed E-state index contributed by atoms with van der Waals surface area (Å²) in [4.78, 5) is 30.8. The third-order valence-electron chi connectivity index (χ3n) is 3.30. The van der Waals surface area contributed by atoms with E-state index in [1.807, 2.05) is 32.0 Å². The fourth-order valence-corrected chi connectivity index (χ4v) is 2.07. The summed E-state index contributed by atoms with van der Waals surface area (Å²) in [6.45, 7) is 7.23. The Hall–Kier alpha value is -2.43. The third-order valence-corrected chi connectivity index (χ3v) is 3.30. The average molecular weight is 271 g/mol. The van der Waals surface area contributed by atoms with Crippen LogP contribution in [0, 0.1) is 27.7 Å². The molecular weight excluding hydrogens is 254 g/mol. The number of nitrogens with one attached hydrogen (secondary N) is 2. The number of benzene rings is 1. The van der Waals surface area contributed by atoms with Crippen molar-refractivity contribution in [3.63, 3.8) is 0 Å². The zero-order valence-corrected chi connectivity index (χ0v) is 12.0. The van der Waals surface area contributed by atoms with Crippen LogP contribution >= 0.6 is 0 Å². The number of hydrogen-bond donors (Lipinski definition) is 2. The van der Waals surface area contributed by atoms with E-state index in [9.17, 15) is 9.59 Å². The molecule has 0 aliphatic rings. The summed E-state index contributed by atoms with van der Waals surface area (Å²) in [7, 11) is 0. The normalized spacial score (nSPS) is 10.4. The SMILES string of the molecule is Cc1nc(C)c(C(=O)Nc2cccc(C)c2C)c(=O)[nH]1. The minimum absolute atomic E-state index is 0.0523.